The van der Waals surface area contributed by atoms with Gasteiger partial charge in [-0.15, -0.1) is 0 Å². The van der Waals surface area contributed by atoms with E-state index >= 15 is 0 Å². The molecule has 2 aromatic heterocycles. The van der Waals surface area contributed by atoms with Crippen molar-refractivity contribution < 1.29 is 4.79 Å². The van der Waals surface area contributed by atoms with Gasteiger partial charge in [-0.25, -0.2) is 4.98 Å². The Hall–Kier alpha value is -4.15. The van der Waals surface area contributed by atoms with Crippen molar-refractivity contribution in [1.29, 1.82) is 5.26 Å². The van der Waals surface area contributed by atoms with Gasteiger partial charge in [0.25, 0.3) is 5.91 Å². The molecule has 0 unspecified atom stereocenters. The topological polar surface area (TPSA) is 108 Å². The maximum absolute atomic E-state index is 12.4. The number of fused-ring (bicyclic) bond motifs is 1. The van der Waals surface area contributed by atoms with E-state index in [4.69, 9.17) is 16.0 Å². The quantitative estimate of drug-likeness (QED) is 0.435. The van der Waals surface area contributed by atoms with Gasteiger partial charge in [0.15, 0.2) is 0 Å². The molecule has 4 rings (SSSR count). The molecule has 2 heterocycles. The van der Waals surface area contributed by atoms with Crippen molar-refractivity contribution >= 4 is 23.1 Å². The fourth-order valence-corrected chi connectivity index (χ4v) is 3.63. The molecule has 0 saturated carbocycles. The molecule has 0 atom stereocenters. The molecular weight excluding hydrogens is 400 g/mol. The first-order valence-electron chi connectivity index (χ1n) is 10.4. The van der Waals surface area contributed by atoms with E-state index in [1.807, 2.05) is 28.8 Å². The number of carbonyl (C=O) groups is 1. The lowest BCUT2D eigenvalue weighted by Gasteiger charge is -2.14. The predicted molar refractivity (Wildman–Crippen MR) is 126 cm³/mol. The smallest absolute Gasteiger partial charge is 0.251 e. The van der Waals surface area contributed by atoms with Crippen LogP contribution < -0.4 is 16.4 Å². The van der Waals surface area contributed by atoms with E-state index in [0.717, 1.165) is 33.9 Å². The average Bonchev–Trinajstić information content (AvgIpc) is 3.17. The van der Waals surface area contributed by atoms with Crippen molar-refractivity contribution in [3.05, 3.63) is 83.0 Å². The van der Waals surface area contributed by atoms with Crippen LogP contribution in [0.25, 0.3) is 16.9 Å². The van der Waals surface area contributed by atoms with Crippen LogP contribution in [0.15, 0.2) is 60.8 Å². The fourth-order valence-electron chi connectivity index (χ4n) is 3.63. The predicted octanol–water partition coefficient (Wildman–Crippen LogP) is 3.92. The van der Waals surface area contributed by atoms with Crippen molar-refractivity contribution in [2.45, 2.75) is 13.8 Å². The summed E-state index contributed by atoms with van der Waals surface area (Å²) in [6, 6.07) is 19.1. The summed E-state index contributed by atoms with van der Waals surface area (Å²) in [4.78, 5) is 17.2. The van der Waals surface area contributed by atoms with E-state index in [1.54, 1.807) is 24.3 Å². The number of imidazole rings is 1. The van der Waals surface area contributed by atoms with Crippen LogP contribution in [0.5, 0.6) is 0 Å². The van der Waals surface area contributed by atoms with E-state index in [-0.39, 0.29) is 5.91 Å². The molecule has 0 bridgehead atoms. The van der Waals surface area contributed by atoms with Crippen LogP contribution in [0.3, 0.4) is 0 Å². The first-order valence-corrected chi connectivity index (χ1v) is 10.4. The highest BCUT2D eigenvalue weighted by Crippen LogP contribution is 2.33. The number of para-hydroxylation sites is 1. The molecule has 0 radical (unpaired) electrons. The number of nitrogens with one attached hydrogen (secondary N) is 2. The SMILES string of the molecule is Cc1cccc(C)c1Nc1c(-c2ccc(C#N)cc2)nc2cc(C(=O)NCCN)ccn12. The molecule has 0 aliphatic carbocycles. The van der Waals surface area contributed by atoms with E-state index in [9.17, 15) is 4.79 Å². The van der Waals surface area contributed by atoms with Gasteiger partial charge >= 0.3 is 0 Å². The molecule has 1 amide bonds. The molecule has 7 heteroatoms. The van der Waals surface area contributed by atoms with Crippen molar-refractivity contribution in [1.82, 2.24) is 14.7 Å². The van der Waals surface area contributed by atoms with E-state index < -0.39 is 0 Å². The van der Waals surface area contributed by atoms with Gasteiger partial charge in [0.2, 0.25) is 0 Å². The molecule has 7 nitrogen and oxygen atoms in total. The summed E-state index contributed by atoms with van der Waals surface area (Å²) in [6.07, 6.45) is 1.84. The molecule has 32 heavy (non-hydrogen) atoms. The average molecular weight is 425 g/mol. The van der Waals surface area contributed by atoms with Crippen LogP contribution >= 0.6 is 0 Å². The largest absolute Gasteiger partial charge is 0.351 e. The lowest BCUT2D eigenvalue weighted by atomic mass is 10.1. The van der Waals surface area contributed by atoms with Gasteiger partial charge in [0.1, 0.15) is 17.2 Å². The highest BCUT2D eigenvalue weighted by atomic mass is 16.1. The number of benzene rings is 2. The minimum absolute atomic E-state index is 0.190. The van der Waals surface area contributed by atoms with E-state index in [2.05, 4.69) is 42.7 Å². The van der Waals surface area contributed by atoms with Gasteiger partial charge in [-0.1, -0.05) is 30.3 Å². The zero-order valence-corrected chi connectivity index (χ0v) is 18.0. The molecule has 0 fully saturated rings. The van der Waals surface area contributed by atoms with Crippen LogP contribution in [0, 0.1) is 25.2 Å². The number of amides is 1. The van der Waals surface area contributed by atoms with Gasteiger partial charge < -0.3 is 16.4 Å². The number of nitrogens with two attached hydrogens (primary N) is 1. The Kier molecular flexibility index (Phi) is 5.88. The molecular formula is C25H24N6O. The molecule has 160 valence electrons. The Labute approximate surface area is 186 Å². The monoisotopic (exact) mass is 424 g/mol. The summed E-state index contributed by atoms with van der Waals surface area (Å²) in [5, 5.41) is 15.5. The fraction of sp³-hybridized carbons (Fsp3) is 0.160. The lowest BCUT2D eigenvalue weighted by molar-refractivity contribution is 0.0954. The van der Waals surface area contributed by atoms with Gasteiger partial charge in [-0.05, 0) is 49.2 Å². The highest BCUT2D eigenvalue weighted by Gasteiger charge is 2.17. The summed E-state index contributed by atoms with van der Waals surface area (Å²) in [5.41, 5.74) is 12.1. The van der Waals surface area contributed by atoms with Gasteiger partial charge in [-0.3, -0.25) is 9.20 Å². The summed E-state index contributed by atoms with van der Waals surface area (Å²) in [7, 11) is 0. The maximum atomic E-state index is 12.4. The lowest BCUT2D eigenvalue weighted by Crippen LogP contribution is -2.29. The number of nitriles is 1. The maximum Gasteiger partial charge on any atom is 0.251 e. The van der Waals surface area contributed by atoms with E-state index in [0.29, 0.717) is 29.9 Å². The summed E-state index contributed by atoms with van der Waals surface area (Å²) >= 11 is 0. The van der Waals surface area contributed by atoms with E-state index in [1.165, 1.54) is 0 Å². The summed E-state index contributed by atoms with van der Waals surface area (Å²) in [6.45, 7) is 4.90. The zero-order valence-electron chi connectivity index (χ0n) is 18.0. The van der Waals surface area contributed by atoms with Crippen LogP contribution in [0.2, 0.25) is 0 Å². The minimum atomic E-state index is -0.190. The molecule has 0 spiro atoms. The number of anilines is 2. The Morgan fingerprint density at radius 3 is 2.50 bits per heavy atom. The Balaban J connectivity index is 1.86. The van der Waals surface area contributed by atoms with Crippen LogP contribution in [-0.2, 0) is 0 Å². The third-order valence-corrected chi connectivity index (χ3v) is 5.33. The van der Waals surface area contributed by atoms with Gasteiger partial charge in [0.05, 0.1) is 11.6 Å². The molecule has 4 N–H and O–H groups in total. The second kappa shape index (κ2) is 8.92. The number of nitrogens with zero attached hydrogens (tertiary/aromatic N) is 3. The Bertz CT molecular complexity index is 1310. The number of carbonyl (C=O) groups excluding carboxylic acids is 1. The molecule has 2 aromatic carbocycles. The summed E-state index contributed by atoms with van der Waals surface area (Å²) in [5.74, 6) is 0.598. The van der Waals surface area contributed by atoms with Crippen LogP contribution in [0.4, 0.5) is 11.5 Å². The van der Waals surface area contributed by atoms with Crippen molar-refractivity contribution in [3.63, 3.8) is 0 Å². The number of hydrogen-bond acceptors (Lipinski definition) is 5. The van der Waals surface area contributed by atoms with Crippen LogP contribution in [-0.4, -0.2) is 28.4 Å². The second-order valence-corrected chi connectivity index (χ2v) is 7.58. The number of aryl methyl sites for hydroxylation is 2. The molecule has 0 aliphatic heterocycles. The zero-order chi connectivity index (χ0) is 22.7. The van der Waals surface area contributed by atoms with Gasteiger partial charge in [0, 0.05) is 36.1 Å². The minimum Gasteiger partial charge on any atom is -0.351 e. The highest BCUT2D eigenvalue weighted by molar-refractivity contribution is 5.95. The number of rotatable bonds is 6. The summed E-state index contributed by atoms with van der Waals surface area (Å²) < 4.78 is 1.93. The van der Waals surface area contributed by atoms with Crippen molar-refractivity contribution in [2.75, 3.05) is 18.4 Å². The number of aromatic nitrogens is 2. The van der Waals surface area contributed by atoms with Crippen molar-refractivity contribution in [3.8, 4) is 17.3 Å². The first-order chi connectivity index (χ1) is 15.5. The first kappa shape index (κ1) is 21.1. The molecule has 4 aromatic rings. The Morgan fingerprint density at radius 1 is 1.12 bits per heavy atom. The second-order valence-electron chi connectivity index (χ2n) is 7.58. The van der Waals surface area contributed by atoms with Crippen LogP contribution in [0.1, 0.15) is 27.0 Å². The molecule has 0 saturated heterocycles. The molecule has 0 aliphatic rings. The Morgan fingerprint density at radius 2 is 1.84 bits per heavy atom. The van der Waals surface area contributed by atoms with Crippen molar-refractivity contribution in [2.24, 2.45) is 5.73 Å². The number of pyridine rings is 1. The van der Waals surface area contributed by atoms with Gasteiger partial charge in [-0.2, -0.15) is 5.26 Å². The normalized spacial score (nSPS) is 10.7. The standard InChI is InChI=1S/C25H24N6O/c1-16-4-3-5-17(2)22(16)30-24-23(19-8-6-18(15-27)7-9-19)29-21-14-20(10-13-31(21)24)25(32)28-12-11-26/h3-10,13-14,30H,11-12,26H2,1-2H3,(H,28,32). The number of hydrogen-bond donors (Lipinski definition) is 3. The third kappa shape index (κ3) is 4.04. The third-order valence-electron chi connectivity index (χ3n) is 5.33.